The van der Waals surface area contributed by atoms with Gasteiger partial charge in [0.2, 0.25) is 0 Å². The van der Waals surface area contributed by atoms with Gasteiger partial charge < -0.3 is 14.6 Å². The molecule has 1 saturated heterocycles. The minimum Gasteiger partial charge on any atom is -0.390 e. The van der Waals surface area contributed by atoms with E-state index in [2.05, 4.69) is 20.3 Å². The van der Waals surface area contributed by atoms with Crippen LogP contribution in [-0.2, 0) is 9.47 Å². The molecule has 2 fully saturated rings. The largest absolute Gasteiger partial charge is 0.390 e. The molecule has 8 heteroatoms. The van der Waals surface area contributed by atoms with Crippen LogP contribution in [0.3, 0.4) is 0 Å². The third kappa shape index (κ3) is 1.94. The van der Waals surface area contributed by atoms with Crippen LogP contribution in [0.15, 0.2) is 0 Å². The monoisotopic (exact) mass is 305 g/mol. The van der Waals surface area contributed by atoms with E-state index in [0.29, 0.717) is 23.4 Å². The first-order valence-electron chi connectivity index (χ1n) is 7.45. The number of nitrogens with zero attached hydrogens (tertiary/aromatic N) is 5. The molecule has 0 unspecified atom stereocenters. The summed E-state index contributed by atoms with van der Waals surface area (Å²) in [5.41, 5.74) is 2.16. The average Bonchev–Trinajstić information content (AvgIpc) is 3.03. The molecule has 0 amide bonds. The van der Waals surface area contributed by atoms with Crippen LogP contribution in [0, 0.1) is 13.8 Å². The van der Waals surface area contributed by atoms with Gasteiger partial charge in [-0.3, -0.25) is 0 Å². The van der Waals surface area contributed by atoms with Crippen molar-refractivity contribution in [2.45, 2.75) is 64.3 Å². The third-order valence-electron chi connectivity index (χ3n) is 4.33. The van der Waals surface area contributed by atoms with Crippen molar-refractivity contribution in [2.75, 3.05) is 0 Å². The van der Waals surface area contributed by atoms with Gasteiger partial charge in [-0.2, -0.15) is 0 Å². The van der Waals surface area contributed by atoms with Crippen LogP contribution in [0.2, 0.25) is 0 Å². The minimum absolute atomic E-state index is 0.152. The average molecular weight is 305 g/mol. The molecule has 1 N–H and O–H groups in total. The van der Waals surface area contributed by atoms with Gasteiger partial charge in [-0.15, -0.1) is 5.10 Å². The Bertz CT molecular complexity index is 743. The van der Waals surface area contributed by atoms with E-state index in [1.54, 1.807) is 4.68 Å². The SMILES string of the molecule is Cc1nc(C)c2nnn([C@@H]3C[C@H](O)[C@H]4OC(C)(C)O[C@H]43)c2n1. The summed E-state index contributed by atoms with van der Waals surface area (Å²) in [7, 11) is 0. The number of hydrogen-bond acceptors (Lipinski definition) is 7. The normalized spacial score (nSPS) is 33.5. The van der Waals surface area contributed by atoms with Crippen molar-refractivity contribution >= 4 is 11.2 Å². The Hall–Kier alpha value is -1.64. The number of aryl methyl sites for hydroxylation is 2. The number of fused-ring (bicyclic) bond motifs is 2. The summed E-state index contributed by atoms with van der Waals surface area (Å²) < 4.78 is 13.5. The molecule has 8 nitrogen and oxygen atoms in total. The minimum atomic E-state index is -0.702. The second-order valence-corrected chi connectivity index (χ2v) is 6.50. The molecule has 2 aromatic heterocycles. The van der Waals surface area contributed by atoms with Gasteiger partial charge in [0.05, 0.1) is 17.8 Å². The zero-order valence-electron chi connectivity index (χ0n) is 13.0. The third-order valence-corrected chi connectivity index (χ3v) is 4.33. The van der Waals surface area contributed by atoms with Gasteiger partial charge in [0.1, 0.15) is 18.0 Å². The van der Waals surface area contributed by atoms with Crippen LogP contribution in [0.25, 0.3) is 11.2 Å². The zero-order chi connectivity index (χ0) is 15.6. The van der Waals surface area contributed by atoms with E-state index < -0.39 is 11.9 Å². The quantitative estimate of drug-likeness (QED) is 0.827. The van der Waals surface area contributed by atoms with Gasteiger partial charge in [0, 0.05) is 6.42 Å². The van der Waals surface area contributed by atoms with Crippen molar-refractivity contribution in [1.29, 1.82) is 0 Å². The topological polar surface area (TPSA) is 95.2 Å². The number of hydrogen-bond donors (Lipinski definition) is 1. The van der Waals surface area contributed by atoms with Crippen molar-refractivity contribution in [3.8, 4) is 0 Å². The van der Waals surface area contributed by atoms with Crippen molar-refractivity contribution in [1.82, 2.24) is 25.0 Å². The Morgan fingerprint density at radius 1 is 1.18 bits per heavy atom. The van der Waals surface area contributed by atoms with E-state index in [1.165, 1.54) is 0 Å². The molecule has 0 radical (unpaired) electrons. The first-order chi connectivity index (χ1) is 10.4. The summed E-state index contributed by atoms with van der Waals surface area (Å²) >= 11 is 0. The highest BCUT2D eigenvalue weighted by Gasteiger charge is 2.55. The zero-order valence-corrected chi connectivity index (χ0v) is 13.0. The Labute approximate surface area is 127 Å². The molecule has 0 bridgehead atoms. The Balaban J connectivity index is 1.79. The molecular formula is C14H19N5O3. The van der Waals surface area contributed by atoms with Crippen LogP contribution < -0.4 is 0 Å². The summed E-state index contributed by atoms with van der Waals surface area (Å²) in [6.07, 6.45) is -0.680. The highest BCUT2D eigenvalue weighted by atomic mass is 16.8. The van der Waals surface area contributed by atoms with Crippen molar-refractivity contribution in [3.63, 3.8) is 0 Å². The Morgan fingerprint density at radius 2 is 1.91 bits per heavy atom. The number of aromatic nitrogens is 5. The van der Waals surface area contributed by atoms with Gasteiger partial charge in [-0.1, -0.05) is 5.21 Å². The van der Waals surface area contributed by atoms with Gasteiger partial charge in [0.15, 0.2) is 17.0 Å². The molecule has 1 aliphatic carbocycles. The smallest absolute Gasteiger partial charge is 0.182 e. The highest BCUT2D eigenvalue weighted by molar-refractivity contribution is 5.72. The Morgan fingerprint density at radius 3 is 2.68 bits per heavy atom. The molecule has 1 saturated carbocycles. The molecule has 2 aromatic rings. The van der Waals surface area contributed by atoms with Gasteiger partial charge in [0.25, 0.3) is 0 Å². The summed E-state index contributed by atoms with van der Waals surface area (Å²) in [5.74, 6) is -0.0285. The molecule has 2 aliphatic rings. The number of aliphatic hydroxyl groups is 1. The lowest BCUT2D eigenvalue weighted by molar-refractivity contribution is -0.165. The second kappa shape index (κ2) is 4.43. The Kier molecular flexibility index (Phi) is 2.82. The number of ether oxygens (including phenoxy) is 2. The lowest BCUT2D eigenvalue weighted by Crippen LogP contribution is -2.29. The number of rotatable bonds is 1. The van der Waals surface area contributed by atoms with Gasteiger partial charge >= 0.3 is 0 Å². The lowest BCUT2D eigenvalue weighted by Gasteiger charge is -2.22. The van der Waals surface area contributed by atoms with Crippen LogP contribution in [0.5, 0.6) is 0 Å². The molecule has 22 heavy (non-hydrogen) atoms. The van der Waals surface area contributed by atoms with E-state index in [-0.39, 0.29) is 18.2 Å². The van der Waals surface area contributed by atoms with Crippen LogP contribution in [-0.4, -0.2) is 54.2 Å². The molecule has 0 spiro atoms. The second-order valence-electron chi connectivity index (χ2n) is 6.50. The van der Waals surface area contributed by atoms with E-state index >= 15 is 0 Å². The molecule has 3 heterocycles. The van der Waals surface area contributed by atoms with Crippen molar-refractivity contribution < 1.29 is 14.6 Å². The van der Waals surface area contributed by atoms with Crippen LogP contribution in [0.1, 0.15) is 37.8 Å². The van der Waals surface area contributed by atoms with Crippen LogP contribution >= 0.6 is 0 Å². The predicted molar refractivity (Wildman–Crippen MR) is 76.1 cm³/mol. The molecule has 0 aromatic carbocycles. The van der Waals surface area contributed by atoms with E-state index in [4.69, 9.17) is 9.47 Å². The maximum atomic E-state index is 10.3. The van der Waals surface area contributed by atoms with Crippen molar-refractivity contribution in [2.24, 2.45) is 0 Å². The maximum Gasteiger partial charge on any atom is 0.182 e. The molecule has 1 aliphatic heterocycles. The van der Waals surface area contributed by atoms with E-state index in [1.807, 2.05) is 27.7 Å². The predicted octanol–water partition coefficient (Wildman–Crippen LogP) is 0.664. The molecule has 4 rings (SSSR count). The molecular weight excluding hydrogens is 286 g/mol. The summed E-state index contributed by atoms with van der Waals surface area (Å²) in [6.45, 7) is 7.44. The van der Waals surface area contributed by atoms with Crippen LogP contribution in [0.4, 0.5) is 0 Å². The fourth-order valence-electron chi connectivity index (χ4n) is 3.49. The fourth-order valence-corrected chi connectivity index (χ4v) is 3.49. The molecule has 4 atom stereocenters. The highest BCUT2D eigenvalue weighted by Crippen LogP contribution is 2.44. The summed E-state index contributed by atoms with van der Waals surface area (Å²) in [5, 5.41) is 18.7. The van der Waals surface area contributed by atoms with E-state index in [9.17, 15) is 5.11 Å². The fraction of sp³-hybridized carbons (Fsp3) is 0.714. The first-order valence-corrected chi connectivity index (χ1v) is 7.45. The van der Waals surface area contributed by atoms with Gasteiger partial charge in [-0.25, -0.2) is 14.6 Å². The first kappa shape index (κ1) is 14.0. The molecule has 118 valence electrons. The lowest BCUT2D eigenvalue weighted by atomic mass is 10.2. The summed E-state index contributed by atoms with van der Waals surface area (Å²) in [4.78, 5) is 8.78. The summed E-state index contributed by atoms with van der Waals surface area (Å²) in [6, 6.07) is -0.152. The van der Waals surface area contributed by atoms with E-state index in [0.717, 1.165) is 5.69 Å². The standard InChI is InChI=1S/C14H19N5O3/c1-6-10-13(16-7(2)15-6)19(18-17-10)8-5-9(20)12-11(8)21-14(3,4)22-12/h8-9,11-12,20H,5H2,1-4H3/t8-,9+,11+,12-/m1/s1. The number of aliphatic hydroxyl groups excluding tert-OH is 1. The van der Waals surface area contributed by atoms with Gasteiger partial charge in [-0.05, 0) is 27.7 Å². The maximum absolute atomic E-state index is 10.3. The van der Waals surface area contributed by atoms with Crippen molar-refractivity contribution in [3.05, 3.63) is 11.5 Å².